The van der Waals surface area contributed by atoms with Crippen LogP contribution in [-0.4, -0.2) is 0 Å². The summed E-state index contributed by atoms with van der Waals surface area (Å²) in [5.41, 5.74) is 0.655. The van der Waals surface area contributed by atoms with E-state index >= 15 is 0 Å². The molecule has 0 aromatic rings. The quantitative estimate of drug-likeness (QED) is 0.420. The van der Waals surface area contributed by atoms with Crippen molar-refractivity contribution in [3.8, 4) is 0 Å². The summed E-state index contributed by atoms with van der Waals surface area (Å²) >= 11 is 0. The average molecular weight is 194 g/mol. The average Bonchev–Trinajstić information content (AvgIpc) is 2.66. The first-order valence-corrected chi connectivity index (χ1v) is 6.17. The van der Waals surface area contributed by atoms with Crippen molar-refractivity contribution < 1.29 is 0 Å². The Morgan fingerprint density at radius 2 is 1.93 bits per heavy atom. The van der Waals surface area contributed by atoms with Gasteiger partial charge in [0.05, 0.1) is 0 Å². The molecule has 0 saturated heterocycles. The van der Waals surface area contributed by atoms with Crippen LogP contribution in [0, 0.1) is 17.3 Å². The lowest BCUT2D eigenvalue weighted by Gasteiger charge is -2.01. The lowest BCUT2D eigenvalue weighted by Crippen LogP contribution is -1.88. The smallest absolute Gasteiger partial charge is 0.0317 e. The summed E-state index contributed by atoms with van der Waals surface area (Å²) in [6.07, 6.45) is 11.6. The van der Waals surface area contributed by atoms with Crippen LogP contribution in [0.4, 0.5) is 0 Å². The van der Waals surface area contributed by atoms with Crippen molar-refractivity contribution in [2.24, 2.45) is 17.3 Å². The summed E-state index contributed by atoms with van der Waals surface area (Å²) in [5, 5.41) is 0. The van der Waals surface area contributed by atoms with Crippen molar-refractivity contribution in [1.82, 2.24) is 0 Å². The van der Waals surface area contributed by atoms with Crippen LogP contribution in [0.5, 0.6) is 0 Å². The number of rotatable bonds is 6. The van der Waals surface area contributed by atoms with Crippen molar-refractivity contribution in [3.63, 3.8) is 0 Å². The lowest BCUT2D eigenvalue weighted by atomic mass is 10.1. The molecule has 1 rings (SSSR count). The molecule has 1 unspecified atom stereocenters. The first-order chi connectivity index (χ1) is 6.52. The van der Waals surface area contributed by atoms with Gasteiger partial charge in [-0.05, 0) is 42.9 Å². The van der Waals surface area contributed by atoms with Crippen LogP contribution < -0.4 is 0 Å². The van der Waals surface area contributed by atoms with Crippen molar-refractivity contribution in [3.05, 3.63) is 12.2 Å². The minimum absolute atomic E-state index is 0.655. The molecule has 0 nitrogen and oxygen atoms in total. The van der Waals surface area contributed by atoms with Gasteiger partial charge in [0.1, 0.15) is 0 Å². The Hall–Kier alpha value is -0.260. The Bertz CT molecular complexity index is 186. The van der Waals surface area contributed by atoms with Crippen LogP contribution >= 0.6 is 0 Å². The molecule has 0 spiro atoms. The van der Waals surface area contributed by atoms with Gasteiger partial charge in [0.15, 0.2) is 0 Å². The third-order valence-electron chi connectivity index (χ3n) is 3.46. The molecule has 0 aromatic carbocycles. The molecule has 1 aliphatic rings. The van der Waals surface area contributed by atoms with Gasteiger partial charge in [-0.1, -0.05) is 46.3 Å². The van der Waals surface area contributed by atoms with E-state index in [9.17, 15) is 0 Å². The zero-order valence-electron chi connectivity index (χ0n) is 10.3. The molecule has 0 N–H and O–H groups in total. The van der Waals surface area contributed by atoms with Gasteiger partial charge < -0.3 is 0 Å². The van der Waals surface area contributed by atoms with Gasteiger partial charge in [-0.3, -0.25) is 0 Å². The molecule has 82 valence electrons. The molecule has 0 aliphatic heterocycles. The molecule has 0 bridgehead atoms. The van der Waals surface area contributed by atoms with Crippen molar-refractivity contribution >= 4 is 0 Å². The largest absolute Gasteiger partial charge is 0.0885 e. The summed E-state index contributed by atoms with van der Waals surface area (Å²) in [6, 6.07) is 0. The van der Waals surface area contributed by atoms with E-state index in [1.807, 2.05) is 0 Å². The molecule has 0 radical (unpaired) electrons. The lowest BCUT2D eigenvalue weighted by molar-refractivity contribution is 0.555. The molecule has 1 atom stereocenters. The maximum absolute atomic E-state index is 2.40. The fraction of sp³-hybridized carbons (Fsp3) is 0.857. The molecule has 1 saturated carbocycles. The van der Waals surface area contributed by atoms with Gasteiger partial charge in [0.2, 0.25) is 0 Å². The topological polar surface area (TPSA) is 0 Å². The Morgan fingerprint density at radius 3 is 2.43 bits per heavy atom. The molecular formula is C14H26. The van der Waals surface area contributed by atoms with E-state index < -0.39 is 0 Å². The minimum atomic E-state index is 0.655. The Kier molecular flexibility index (Phi) is 4.22. The van der Waals surface area contributed by atoms with Crippen molar-refractivity contribution in [1.29, 1.82) is 0 Å². The van der Waals surface area contributed by atoms with E-state index in [-0.39, 0.29) is 0 Å². The van der Waals surface area contributed by atoms with E-state index in [0.29, 0.717) is 5.41 Å². The fourth-order valence-corrected chi connectivity index (χ4v) is 2.00. The summed E-state index contributed by atoms with van der Waals surface area (Å²) in [4.78, 5) is 0. The number of hydrogen-bond donors (Lipinski definition) is 0. The zero-order chi connectivity index (χ0) is 10.6. The summed E-state index contributed by atoms with van der Waals surface area (Å²) in [6.45, 7) is 9.36. The second-order valence-electron chi connectivity index (χ2n) is 5.92. The highest BCUT2D eigenvalue weighted by Crippen LogP contribution is 2.53. The normalized spacial score (nSPS) is 24.8. The molecule has 1 fully saturated rings. The van der Waals surface area contributed by atoms with Crippen LogP contribution in [-0.2, 0) is 0 Å². The number of unbranched alkanes of at least 4 members (excludes halogenated alkanes) is 1. The van der Waals surface area contributed by atoms with Gasteiger partial charge in [-0.25, -0.2) is 0 Å². The molecule has 0 amide bonds. The Morgan fingerprint density at radius 1 is 1.29 bits per heavy atom. The summed E-state index contributed by atoms with van der Waals surface area (Å²) < 4.78 is 0. The molecule has 14 heavy (non-hydrogen) atoms. The van der Waals surface area contributed by atoms with E-state index in [1.165, 1.54) is 32.1 Å². The minimum Gasteiger partial charge on any atom is -0.0885 e. The van der Waals surface area contributed by atoms with Gasteiger partial charge in [-0.2, -0.15) is 0 Å². The van der Waals surface area contributed by atoms with Crippen molar-refractivity contribution in [2.75, 3.05) is 0 Å². The number of allylic oxidation sites excluding steroid dienone is 2. The predicted octanol–water partition coefficient (Wildman–Crippen LogP) is 4.81. The van der Waals surface area contributed by atoms with Crippen LogP contribution in [0.3, 0.4) is 0 Å². The van der Waals surface area contributed by atoms with Gasteiger partial charge in [0, 0.05) is 0 Å². The highest BCUT2D eigenvalue weighted by Gasteiger charge is 2.43. The first-order valence-electron chi connectivity index (χ1n) is 6.17. The Balaban J connectivity index is 1.95. The van der Waals surface area contributed by atoms with E-state index in [0.717, 1.165) is 11.8 Å². The monoisotopic (exact) mass is 194 g/mol. The van der Waals surface area contributed by atoms with Crippen LogP contribution in [0.15, 0.2) is 12.2 Å². The van der Waals surface area contributed by atoms with Crippen LogP contribution in [0.1, 0.15) is 59.8 Å². The third kappa shape index (κ3) is 4.30. The highest BCUT2D eigenvalue weighted by atomic mass is 14.5. The van der Waals surface area contributed by atoms with Crippen molar-refractivity contribution in [2.45, 2.75) is 59.8 Å². The van der Waals surface area contributed by atoms with E-state index in [1.54, 1.807) is 0 Å². The van der Waals surface area contributed by atoms with E-state index in [2.05, 4.69) is 39.8 Å². The highest BCUT2D eigenvalue weighted by molar-refractivity contribution is 4.99. The SMILES string of the molecule is CC(C)CCCC=CCC1CC1(C)C. The molecular weight excluding hydrogens is 168 g/mol. The van der Waals surface area contributed by atoms with Gasteiger partial charge in [-0.15, -0.1) is 0 Å². The molecule has 0 heterocycles. The second-order valence-corrected chi connectivity index (χ2v) is 5.92. The molecule has 0 aromatic heterocycles. The van der Waals surface area contributed by atoms with Gasteiger partial charge >= 0.3 is 0 Å². The second kappa shape index (κ2) is 5.00. The van der Waals surface area contributed by atoms with Gasteiger partial charge in [0.25, 0.3) is 0 Å². The fourth-order valence-electron chi connectivity index (χ4n) is 2.00. The molecule has 0 heteroatoms. The third-order valence-corrected chi connectivity index (χ3v) is 3.46. The summed E-state index contributed by atoms with van der Waals surface area (Å²) in [5.74, 6) is 1.84. The number of hydrogen-bond acceptors (Lipinski definition) is 0. The molecule has 1 aliphatic carbocycles. The standard InChI is InChI=1S/C14H26/c1-12(2)9-7-5-6-8-10-13-11-14(13,3)4/h6,8,12-13H,5,7,9-11H2,1-4H3. The van der Waals surface area contributed by atoms with Crippen LogP contribution in [0.2, 0.25) is 0 Å². The predicted molar refractivity (Wildman–Crippen MR) is 64.3 cm³/mol. The Labute approximate surface area is 89.8 Å². The maximum Gasteiger partial charge on any atom is -0.0317 e. The first kappa shape index (κ1) is 11.8. The van der Waals surface area contributed by atoms with E-state index in [4.69, 9.17) is 0 Å². The summed E-state index contributed by atoms with van der Waals surface area (Å²) in [7, 11) is 0. The van der Waals surface area contributed by atoms with Crippen LogP contribution in [0.25, 0.3) is 0 Å². The zero-order valence-corrected chi connectivity index (χ0v) is 10.3. The maximum atomic E-state index is 2.40.